The van der Waals surface area contributed by atoms with E-state index in [1.165, 1.54) is 78.1 Å². The first-order valence-corrected chi connectivity index (χ1v) is 15.7. The molecule has 0 aromatic heterocycles. The molecule has 1 spiro atoms. The summed E-state index contributed by atoms with van der Waals surface area (Å²) in [6, 6.07) is 50.1. The molecule has 44 heavy (non-hydrogen) atoms. The first kappa shape index (κ1) is 25.6. The van der Waals surface area contributed by atoms with Crippen molar-refractivity contribution in [1.29, 1.82) is 0 Å². The molecule has 1 aliphatic heterocycles. The van der Waals surface area contributed by atoms with E-state index in [0.717, 1.165) is 19.5 Å². The van der Waals surface area contributed by atoms with Crippen molar-refractivity contribution in [2.24, 2.45) is 0 Å². The second kappa shape index (κ2) is 9.54. The van der Waals surface area contributed by atoms with Gasteiger partial charge in [0.25, 0.3) is 0 Å². The van der Waals surface area contributed by atoms with Gasteiger partial charge in [-0.25, -0.2) is 0 Å². The molecule has 2 heteroatoms. The largest absolute Gasteiger partial charge is 0.344 e. The third-order valence-electron chi connectivity index (χ3n) is 10.2. The van der Waals surface area contributed by atoms with Crippen molar-refractivity contribution in [2.45, 2.75) is 24.9 Å². The molecule has 6 aromatic rings. The number of rotatable bonds is 4. The van der Waals surface area contributed by atoms with E-state index in [1.54, 1.807) is 0 Å². The standard InChI is InChI=1S/C42H34N2/c1-43(27-29-19-21-31-25-30-11-3-10-18-40(30)44(2)41(31)24-29)26-28-20-22-39-35(23-28)34-14-6-9-17-38(34)42(39)36-15-7-4-12-32(36)33-13-5-8-16-37(33)42/h3-24H,25-27H2,1-2H3. The van der Waals surface area contributed by atoms with Crippen LogP contribution in [0.25, 0.3) is 22.3 Å². The number of anilines is 2. The average molecular weight is 567 g/mol. The van der Waals surface area contributed by atoms with E-state index in [9.17, 15) is 0 Å². The zero-order chi connectivity index (χ0) is 29.4. The van der Waals surface area contributed by atoms with Gasteiger partial charge in [0.2, 0.25) is 0 Å². The summed E-state index contributed by atoms with van der Waals surface area (Å²) in [5.41, 5.74) is 18.9. The van der Waals surface area contributed by atoms with E-state index < -0.39 is 0 Å². The van der Waals surface area contributed by atoms with E-state index in [1.807, 2.05) is 0 Å². The van der Waals surface area contributed by atoms with Crippen LogP contribution in [0.3, 0.4) is 0 Å². The van der Waals surface area contributed by atoms with E-state index in [-0.39, 0.29) is 5.41 Å². The second-order valence-corrected chi connectivity index (χ2v) is 12.8. The summed E-state index contributed by atoms with van der Waals surface area (Å²) < 4.78 is 0. The summed E-state index contributed by atoms with van der Waals surface area (Å²) in [5, 5.41) is 0. The minimum Gasteiger partial charge on any atom is -0.344 e. The van der Waals surface area contributed by atoms with Crippen molar-refractivity contribution >= 4 is 11.4 Å². The first-order valence-electron chi connectivity index (χ1n) is 15.7. The topological polar surface area (TPSA) is 6.48 Å². The molecule has 1 heterocycles. The highest BCUT2D eigenvalue weighted by atomic mass is 15.1. The van der Waals surface area contributed by atoms with Gasteiger partial charge in [-0.1, -0.05) is 115 Å². The molecule has 6 aromatic carbocycles. The minimum atomic E-state index is -0.267. The fourth-order valence-corrected chi connectivity index (χ4v) is 8.42. The number of hydrogen-bond acceptors (Lipinski definition) is 2. The third kappa shape index (κ3) is 3.52. The van der Waals surface area contributed by atoms with Gasteiger partial charge in [-0.2, -0.15) is 0 Å². The zero-order valence-electron chi connectivity index (χ0n) is 25.2. The normalized spacial score (nSPS) is 14.6. The van der Waals surface area contributed by atoms with Crippen LogP contribution < -0.4 is 4.90 Å². The fraction of sp³-hybridized carbons (Fsp3) is 0.143. The van der Waals surface area contributed by atoms with E-state index in [4.69, 9.17) is 0 Å². The monoisotopic (exact) mass is 566 g/mol. The molecule has 0 atom stereocenters. The number of nitrogens with zero attached hydrogens (tertiary/aromatic N) is 2. The molecule has 0 saturated heterocycles. The van der Waals surface area contributed by atoms with Crippen LogP contribution >= 0.6 is 0 Å². The van der Waals surface area contributed by atoms with Gasteiger partial charge in [0.15, 0.2) is 0 Å². The number of para-hydroxylation sites is 1. The van der Waals surface area contributed by atoms with Crippen LogP contribution in [0.4, 0.5) is 11.4 Å². The molecule has 0 saturated carbocycles. The van der Waals surface area contributed by atoms with Crippen molar-refractivity contribution < 1.29 is 0 Å². The summed E-state index contributed by atoms with van der Waals surface area (Å²) in [7, 11) is 4.44. The molecular formula is C42H34N2. The van der Waals surface area contributed by atoms with E-state index in [2.05, 4.69) is 157 Å². The third-order valence-corrected chi connectivity index (χ3v) is 10.2. The summed E-state index contributed by atoms with van der Waals surface area (Å²) in [4.78, 5) is 4.79. The second-order valence-electron chi connectivity index (χ2n) is 12.8. The predicted octanol–water partition coefficient (Wildman–Crippen LogP) is 9.33. The van der Waals surface area contributed by atoms with Crippen LogP contribution in [-0.4, -0.2) is 19.0 Å². The van der Waals surface area contributed by atoms with Gasteiger partial charge in [-0.15, -0.1) is 0 Å². The summed E-state index contributed by atoms with van der Waals surface area (Å²) in [6.07, 6.45) is 0.999. The Morgan fingerprint density at radius 1 is 0.523 bits per heavy atom. The van der Waals surface area contributed by atoms with Crippen LogP contribution in [0.5, 0.6) is 0 Å². The smallest absolute Gasteiger partial charge is 0.0725 e. The highest BCUT2D eigenvalue weighted by molar-refractivity contribution is 5.95. The predicted molar refractivity (Wildman–Crippen MR) is 182 cm³/mol. The first-order chi connectivity index (χ1) is 21.6. The quantitative estimate of drug-likeness (QED) is 0.209. The average Bonchev–Trinajstić information content (AvgIpc) is 3.52. The van der Waals surface area contributed by atoms with Crippen molar-refractivity contribution in [2.75, 3.05) is 19.0 Å². The molecule has 0 radical (unpaired) electrons. The van der Waals surface area contributed by atoms with Gasteiger partial charge in [0.05, 0.1) is 5.41 Å². The van der Waals surface area contributed by atoms with Gasteiger partial charge in [0, 0.05) is 37.9 Å². The highest BCUT2D eigenvalue weighted by Gasteiger charge is 2.51. The molecule has 212 valence electrons. The Morgan fingerprint density at radius 2 is 1.02 bits per heavy atom. The van der Waals surface area contributed by atoms with E-state index >= 15 is 0 Å². The Bertz CT molecular complexity index is 2060. The Hall–Kier alpha value is -4.92. The molecule has 2 aliphatic carbocycles. The zero-order valence-corrected chi connectivity index (χ0v) is 25.2. The fourth-order valence-electron chi connectivity index (χ4n) is 8.42. The Morgan fingerprint density at radius 3 is 1.70 bits per heavy atom. The van der Waals surface area contributed by atoms with Crippen LogP contribution in [0.2, 0.25) is 0 Å². The van der Waals surface area contributed by atoms with Crippen molar-refractivity contribution in [3.63, 3.8) is 0 Å². The van der Waals surface area contributed by atoms with Gasteiger partial charge in [-0.3, -0.25) is 4.90 Å². The molecule has 0 N–H and O–H groups in total. The molecule has 2 nitrogen and oxygen atoms in total. The van der Waals surface area contributed by atoms with Crippen LogP contribution in [0, 0.1) is 0 Å². The van der Waals surface area contributed by atoms with Gasteiger partial charge in [-0.05, 0) is 92.0 Å². The van der Waals surface area contributed by atoms with Crippen LogP contribution in [-0.2, 0) is 24.9 Å². The van der Waals surface area contributed by atoms with Crippen LogP contribution in [0.15, 0.2) is 133 Å². The summed E-state index contributed by atoms with van der Waals surface area (Å²) >= 11 is 0. The number of benzene rings is 6. The summed E-state index contributed by atoms with van der Waals surface area (Å²) in [6.45, 7) is 1.80. The maximum absolute atomic E-state index is 2.46. The molecule has 3 aliphatic rings. The molecule has 0 amide bonds. The Kier molecular flexibility index (Phi) is 5.54. The molecular weight excluding hydrogens is 532 g/mol. The van der Waals surface area contributed by atoms with Crippen molar-refractivity contribution in [3.8, 4) is 22.3 Å². The van der Waals surface area contributed by atoms with Crippen LogP contribution in [0.1, 0.15) is 44.5 Å². The maximum Gasteiger partial charge on any atom is 0.0725 e. The molecule has 0 fully saturated rings. The highest BCUT2D eigenvalue weighted by Crippen LogP contribution is 2.62. The maximum atomic E-state index is 2.46. The summed E-state index contributed by atoms with van der Waals surface area (Å²) in [5.74, 6) is 0. The molecule has 0 bridgehead atoms. The lowest BCUT2D eigenvalue weighted by Crippen LogP contribution is -2.25. The minimum absolute atomic E-state index is 0.267. The molecule has 9 rings (SSSR count). The Balaban J connectivity index is 1.06. The molecule has 0 unspecified atom stereocenters. The van der Waals surface area contributed by atoms with E-state index in [0.29, 0.717) is 0 Å². The lowest BCUT2D eigenvalue weighted by atomic mass is 9.70. The van der Waals surface area contributed by atoms with Gasteiger partial charge >= 0.3 is 0 Å². The lowest BCUT2D eigenvalue weighted by molar-refractivity contribution is 0.319. The van der Waals surface area contributed by atoms with Gasteiger partial charge in [0.1, 0.15) is 0 Å². The number of fused-ring (bicyclic) bond motifs is 12. The Labute approximate surface area is 259 Å². The van der Waals surface area contributed by atoms with Crippen molar-refractivity contribution in [1.82, 2.24) is 4.90 Å². The van der Waals surface area contributed by atoms with Gasteiger partial charge < -0.3 is 4.90 Å². The lowest BCUT2D eigenvalue weighted by Gasteiger charge is -2.31. The SMILES string of the molecule is CN(Cc1ccc2c(c1)-c1ccccc1C21c2ccccc2-c2ccccc21)Cc1ccc2c(c1)N(C)c1ccccc1C2. The number of hydrogen-bond donors (Lipinski definition) is 0. The van der Waals surface area contributed by atoms with Crippen molar-refractivity contribution in [3.05, 3.63) is 178 Å².